The average Bonchev–Trinajstić information content (AvgIpc) is 2.78. The summed E-state index contributed by atoms with van der Waals surface area (Å²) in [5, 5.41) is 2.75. The molecule has 170 valence electrons. The summed E-state index contributed by atoms with van der Waals surface area (Å²) in [5.41, 5.74) is 1.95. The molecule has 0 aliphatic rings. The molecule has 2 aromatic carbocycles. The predicted molar refractivity (Wildman–Crippen MR) is 112 cm³/mol. The minimum absolute atomic E-state index is 0.157. The van der Waals surface area contributed by atoms with Crippen LogP contribution in [-0.2, 0) is 24.2 Å². The fourth-order valence-electron chi connectivity index (χ4n) is 3.12. The topological polar surface area (TPSA) is 56.8 Å². The van der Waals surface area contributed by atoms with Gasteiger partial charge < -0.3 is 19.5 Å². The van der Waals surface area contributed by atoms with Gasteiger partial charge in [-0.15, -0.1) is 0 Å². The van der Waals surface area contributed by atoms with Gasteiger partial charge in [0.25, 0.3) is 0 Å². The van der Waals surface area contributed by atoms with E-state index in [0.717, 1.165) is 5.56 Å². The third-order valence-corrected chi connectivity index (χ3v) is 4.74. The number of alkyl halides is 3. The molecule has 0 aromatic heterocycles. The maximum atomic E-state index is 13.9. The zero-order valence-electron chi connectivity index (χ0n) is 17.9. The van der Waals surface area contributed by atoms with Crippen molar-refractivity contribution in [1.82, 2.24) is 5.32 Å². The first-order valence-corrected chi connectivity index (χ1v) is 9.93. The number of ether oxygens (including phenoxy) is 3. The van der Waals surface area contributed by atoms with Crippen molar-refractivity contribution in [2.45, 2.75) is 44.8 Å². The first kappa shape index (κ1) is 24.4. The lowest BCUT2D eigenvalue weighted by atomic mass is 9.99. The van der Waals surface area contributed by atoms with Crippen LogP contribution in [0.1, 0.15) is 23.6 Å². The van der Waals surface area contributed by atoms with Gasteiger partial charge >= 0.3 is 6.09 Å². The lowest BCUT2D eigenvalue weighted by Gasteiger charge is -2.19. The standard InChI is InChI=1S/C23H28F3NO4/c1-15(27-23(28)31-14-16-7-5-4-6-8-16)9-17-11-22(30-3)18(12-21(17)29-2)10-19(25)20(26)13-24/h4-8,11-12,15,19-20H,9-10,13-14H2,1-3H3,(H,27,28). The van der Waals surface area contributed by atoms with Crippen molar-refractivity contribution in [3.63, 3.8) is 0 Å². The second-order valence-electron chi connectivity index (χ2n) is 7.18. The molecular weight excluding hydrogens is 411 g/mol. The Kier molecular flexibility index (Phi) is 9.49. The number of benzene rings is 2. The normalized spacial score (nSPS) is 13.7. The van der Waals surface area contributed by atoms with Crippen molar-refractivity contribution in [3.8, 4) is 11.5 Å². The molecule has 0 aliphatic carbocycles. The Labute approximate surface area is 180 Å². The third kappa shape index (κ3) is 7.38. The molecule has 1 N–H and O–H groups in total. The Morgan fingerprint density at radius 3 is 2.10 bits per heavy atom. The van der Waals surface area contributed by atoms with Gasteiger partial charge in [-0.1, -0.05) is 30.3 Å². The second kappa shape index (κ2) is 12.1. The molecule has 31 heavy (non-hydrogen) atoms. The summed E-state index contributed by atoms with van der Waals surface area (Å²) in [5.74, 6) is 0.772. The van der Waals surface area contributed by atoms with Crippen LogP contribution in [0.5, 0.6) is 11.5 Å². The van der Waals surface area contributed by atoms with E-state index in [4.69, 9.17) is 14.2 Å². The molecule has 0 heterocycles. The molecule has 2 aromatic rings. The zero-order chi connectivity index (χ0) is 22.8. The van der Waals surface area contributed by atoms with Crippen LogP contribution in [0.15, 0.2) is 42.5 Å². The van der Waals surface area contributed by atoms with Crippen molar-refractivity contribution in [2.24, 2.45) is 0 Å². The number of alkyl carbamates (subject to hydrolysis) is 1. The van der Waals surface area contributed by atoms with E-state index in [1.165, 1.54) is 14.2 Å². The van der Waals surface area contributed by atoms with Gasteiger partial charge in [-0.3, -0.25) is 0 Å². The van der Waals surface area contributed by atoms with E-state index >= 15 is 0 Å². The number of methoxy groups -OCH3 is 2. The Hall–Kier alpha value is -2.90. The van der Waals surface area contributed by atoms with Crippen LogP contribution >= 0.6 is 0 Å². The van der Waals surface area contributed by atoms with Gasteiger partial charge in [0.05, 0.1) is 14.2 Å². The van der Waals surface area contributed by atoms with E-state index < -0.39 is 25.1 Å². The van der Waals surface area contributed by atoms with Crippen LogP contribution in [0.3, 0.4) is 0 Å². The van der Waals surface area contributed by atoms with Gasteiger partial charge in [-0.2, -0.15) is 0 Å². The first-order valence-electron chi connectivity index (χ1n) is 9.93. The number of hydrogen-bond acceptors (Lipinski definition) is 4. The molecule has 0 bridgehead atoms. The predicted octanol–water partition coefficient (Wildman–Crippen LogP) is 4.75. The molecule has 2 rings (SSSR count). The van der Waals surface area contributed by atoms with Crippen LogP contribution in [0.2, 0.25) is 0 Å². The van der Waals surface area contributed by atoms with Crippen LogP contribution in [0, 0.1) is 0 Å². The third-order valence-electron chi connectivity index (χ3n) is 4.74. The van der Waals surface area contributed by atoms with Gasteiger partial charge in [-0.05, 0) is 36.6 Å². The monoisotopic (exact) mass is 439 g/mol. The highest BCUT2D eigenvalue weighted by atomic mass is 19.2. The van der Waals surface area contributed by atoms with E-state index in [1.807, 2.05) is 30.3 Å². The summed E-state index contributed by atoms with van der Waals surface area (Å²) in [4.78, 5) is 12.1. The quantitative estimate of drug-likeness (QED) is 0.549. The molecule has 3 unspecified atom stereocenters. The Balaban J connectivity index is 2.03. The minimum Gasteiger partial charge on any atom is -0.496 e. The second-order valence-corrected chi connectivity index (χ2v) is 7.18. The van der Waals surface area contributed by atoms with E-state index in [0.29, 0.717) is 29.0 Å². The largest absolute Gasteiger partial charge is 0.496 e. The lowest BCUT2D eigenvalue weighted by Crippen LogP contribution is -2.34. The Bertz CT molecular complexity index is 835. The summed E-state index contributed by atoms with van der Waals surface area (Å²) >= 11 is 0. The van der Waals surface area contributed by atoms with Crippen LogP contribution < -0.4 is 14.8 Å². The number of carbonyl (C=O) groups excluding carboxylic acids is 1. The Morgan fingerprint density at radius 2 is 1.55 bits per heavy atom. The highest BCUT2D eigenvalue weighted by molar-refractivity contribution is 5.67. The fourth-order valence-corrected chi connectivity index (χ4v) is 3.12. The molecule has 8 heteroatoms. The lowest BCUT2D eigenvalue weighted by molar-refractivity contribution is 0.136. The molecule has 3 atom stereocenters. The maximum absolute atomic E-state index is 13.9. The SMILES string of the molecule is COc1cc(CC(F)C(F)CF)c(OC)cc1CC(C)NC(=O)OCc1ccccc1. The zero-order valence-corrected chi connectivity index (χ0v) is 17.9. The van der Waals surface area contributed by atoms with Gasteiger partial charge in [0.1, 0.15) is 31.0 Å². The molecule has 0 saturated carbocycles. The number of hydrogen-bond donors (Lipinski definition) is 1. The van der Waals surface area contributed by atoms with Crippen LogP contribution in [0.25, 0.3) is 0 Å². The van der Waals surface area contributed by atoms with E-state index in [2.05, 4.69) is 5.32 Å². The number of nitrogens with one attached hydrogen (secondary N) is 1. The van der Waals surface area contributed by atoms with Crippen molar-refractivity contribution in [2.75, 3.05) is 20.9 Å². The van der Waals surface area contributed by atoms with Gasteiger partial charge in [0, 0.05) is 18.0 Å². The van der Waals surface area contributed by atoms with Crippen LogP contribution in [0.4, 0.5) is 18.0 Å². The van der Waals surface area contributed by atoms with Gasteiger partial charge in [0.2, 0.25) is 0 Å². The minimum atomic E-state index is -2.19. The molecular formula is C23H28F3NO4. The van der Waals surface area contributed by atoms with Gasteiger partial charge in [0.15, 0.2) is 6.17 Å². The highest BCUT2D eigenvalue weighted by Crippen LogP contribution is 2.31. The number of carbonyl (C=O) groups is 1. The van der Waals surface area contributed by atoms with E-state index in [1.54, 1.807) is 19.1 Å². The van der Waals surface area contributed by atoms with Gasteiger partial charge in [-0.25, -0.2) is 18.0 Å². The summed E-state index contributed by atoms with van der Waals surface area (Å²) < 4.78 is 55.5. The first-order chi connectivity index (χ1) is 14.9. The van der Waals surface area contributed by atoms with Crippen LogP contribution in [-0.4, -0.2) is 45.4 Å². The fraction of sp³-hybridized carbons (Fsp3) is 0.435. The average molecular weight is 439 g/mol. The summed E-state index contributed by atoms with van der Waals surface area (Å²) in [6, 6.07) is 12.2. The molecule has 0 saturated heterocycles. The molecule has 5 nitrogen and oxygen atoms in total. The van der Waals surface area contributed by atoms with Crippen molar-refractivity contribution >= 4 is 6.09 Å². The van der Waals surface area contributed by atoms with E-state index in [-0.39, 0.29) is 19.1 Å². The molecule has 0 spiro atoms. The van der Waals surface area contributed by atoms with E-state index in [9.17, 15) is 18.0 Å². The molecule has 0 fully saturated rings. The van der Waals surface area contributed by atoms with Crippen molar-refractivity contribution < 1.29 is 32.2 Å². The molecule has 0 aliphatic heterocycles. The molecule has 0 radical (unpaired) electrons. The summed E-state index contributed by atoms with van der Waals surface area (Å²) in [7, 11) is 2.86. The number of amides is 1. The number of halogens is 3. The number of rotatable bonds is 11. The summed E-state index contributed by atoms with van der Waals surface area (Å²) in [6.45, 7) is 0.572. The summed E-state index contributed by atoms with van der Waals surface area (Å²) in [6.07, 6.45) is -4.70. The Morgan fingerprint density at radius 1 is 0.968 bits per heavy atom. The maximum Gasteiger partial charge on any atom is 0.407 e. The van der Waals surface area contributed by atoms with Crippen molar-refractivity contribution in [3.05, 3.63) is 59.2 Å². The molecule has 1 amide bonds. The smallest absolute Gasteiger partial charge is 0.407 e. The highest BCUT2D eigenvalue weighted by Gasteiger charge is 2.24. The van der Waals surface area contributed by atoms with Crippen molar-refractivity contribution in [1.29, 1.82) is 0 Å².